The largest absolute Gasteiger partial charge is 0.363 e. The van der Waals surface area contributed by atoms with Crippen LogP contribution in [0.3, 0.4) is 0 Å². The minimum atomic E-state index is -2.94. The Labute approximate surface area is 139 Å². The van der Waals surface area contributed by atoms with Crippen LogP contribution in [0.15, 0.2) is 28.7 Å². The fourth-order valence-corrected chi connectivity index (χ4v) is 4.04. The number of hydrogen-bond donors (Lipinski definition) is 2. The van der Waals surface area contributed by atoms with E-state index in [2.05, 4.69) is 33.1 Å². The van der Waals surface area contributed by atoms with Crippen LogP contribution in [0.2, 0.25) is 0 Å². The molecular formula is C14H21BrNO3PS. The van der Waals surface area contributed by atoms with Gasteiger partial charge in [0.2, 0.25) is 0 Å². The monoisotopic (exact) mass is 393 g/mol. The normalized spacial score (nSPS) is 21.9. The maximum Gasteiger partial charge on any atom is 0.260 e. The van der Waals surface area contributed by atoms with Crippen molar-refractivity contribution in [2.45, 2.75) is 38.3 Å². The van der Waals surface area contributed by atoms with Gasteiger partial charge in [0.15, 0.2) is 0 Å². The van der Waals surface area contributed by atoms with Crippen molar-refractivity contribution in [3.05, 3.63) is 34.3 Å². The third-order valence-corrected chi connectivity index (χ3v) is 5.58. The number of ether oxygens (including phenoxy) is 1. The zero-order valence-corrected chi connectivity index (χ0v) is 15.1. The Bertz CT molecular complexity index is 480. The zero-order valence-electron chi connectivity index (χ0n) is 11.8. The number of benzene rings is 1. The topological polar surface area (TPSA) is 50.7 Å². The Morgan fingerprint density at radius 3 is 2.81 bits per heavy atom. The van der Waals surface area contributed by atoms with Crippen LogP contribution in [-0.4, -0.2) is 24.3 Å². The molecule has 1 aromatic rings. The van der Waals surface area contributed by atoms with E-state index in [-0.39, 0.29) is 6.23 Å². The first-order valence-corrected chi connectivity index (χ1v) is 10.6. The zero-order chi connectivity index (χ0) is 15.1. The van der Waals surface area contributed by atoms with Gasteiger partial charge in [-0.2, -0.15) is 0 Å². The molecule has 0 bridgehead atoms. The fraction of sp³-hybridized carbons (Fsp3) is 0.571. The number of rotatable bonds is 7. The van der Waals surface area contributed by atoms with Gasteiger partial charge in [0.25, 0.3) is 6.64 Å². The van der Waals surface area contributed by atoms with Crippen LogP contribution < -0.4 is 5.09 Å². The second-order valence-corrected chi connectivity index (χ2v) is 9.03. The summed E-state index contributed by atoms with van der Waals surface area (Å²) in [6.07, 6.45) is 4.61. The van der Waals surface area contributed by atoms with Gasteiger partial charge in [0, 0.05) is 11.1 Å². The summed E-state index contributed by atoms with van der Waals surface area (Å²) >= 11 is 8.53. The van der Waals surface area contributed by atoms with Gasteiger partial charge >= 0.3 is 0 Å². The van der Waals surface area contributed by atoms with Gasteiger partial charge in [-0.25, -0.2) is 5.09 Å². The van der Waals surface area contributed by atoms with Gasteiger partial charge in [-0.15, -0.1) is 0 Å². The first-order valence-electron chi connectivity index (χ1n) is 7.16. The standard InChI is InChI=1S/C14H21BrNO3PS/c15-13-8-6-12(7-9-13)4-3-11-19-20(17,21)16-14-5-1-2-10-18-14/h6-9,14H,1-5,10-11H2,(H2,16,17,21). The van der Waals surface area contributed by atoms with Gasteiger partial charge in [-0.1, -0.05) is 28.1 Å². The number of nitrogens with one attached hydrogen (secondary N) is 1. The van der Waals surface area contributed by atoms with E-state index in [1.54, 1.807) is 0 Å². The van der Waals surface area contributed by atoms with Crippen molar-refractivity contribution in [3.63, 3.8) is 0 Å². The van der Waals surface area contributed by atoms with Gasteiger partial charge in [0.1, 0.15) is 6.23 Å². The van der Waals surface area contributed by atoms with Crippen LogP contribution in [0.1, 0.15) is 31.2 Å². The first kappa shape index (κ1) is 17.5. The van der Waals surface area contributed by atoms with Crippen LogP contribution in [0.5, 0.6) is 0 Å². The second-order valence-electron chi connectivity index (χ2n) is 5.07. The molecule has 21 heavy (non-hydrogen) atoms. The maximum absolute atomic E-state index is 10.1. The number of halogens is 1. The van der Waals surface area contributed by atoms with Crippen LogP contribution >= 0.6 is 22.6 Å². The first-order chi connectivity index (χ1) is 10.1. The summed E-state index contributed by atoms with van der Waals surface area (Å²) in [5.74, 6) is 0. The minimum absolute atomic E-state index is 0.166. The smallest absolute Gasteiger partial charge is 0.260 e. The Kier molecular flexibility index (Phi) is 7.29. The minimum Gasteiger partial charge on any atom is -0.363 e. The molecule has 1 heterocycles. The second kappa shape index (κ2) is 8.73. The molecule has 1 fully saturated rings. The molecule has 118 valence electrons. The lowest BCUT2D eigenvalue weighted by molar-refractivity contribution is 0.00620. The third kappa shape index (κ3) is 6.87. The fourth-order valence-electron chi connectivity index (χ4n) is 2.18. The quantitative estimate of drug-likeness (QED) is 0.545. The molecule has 2 N–H and O–H groups in total. The number of aryl methyl sites for hydroxylation is 1. The summed E-state index contributed by atoms with van der Waals surface area (Å²) in [4.78, 5) is 10.1. The summed E-state index contributed by atoms with van der Waals surface area (Å²) < 4.78 is 12.0. The van der Waals surface area contributed by atoms with Crippen molar-refractivity contribution in [2.24, 2.45) is 0 Å². The highest BCUT2D eigenvalue weighted by atomic mass is 79.9. The molecule has 0 aromatic heterocycles. The Morgan fingerprint density at radius 1 is 1.38 bits per heavy atom. The molecule has 2 rings (SSSR count). The van der Waals surface area contributed by atoms with Crippen molar-refractivity contribution in [3.8, 4) is 0 Å². The van der Waals surface area contributed by atoms with E-state index in [9.17, 15) is 4.89 Å². The van der Waals surface area contributed by atoms with Gasteiger partial charge in [-0.05, 0) is 61.6 Å². The predicted octanol–water partition coefficient (Wildman–Crippen LogP) is 3.73. The summed E-state index contributed by atoms with van der Waals surface area (Å²) in [6.45, 7) is -1.77. The van der Waals surface area contributed by atoms with E-state index in [0.29, 0.717) is 6.61 Å². The van der Waals surface area contributed by atoms with Crippen molar-refractivity contribution in [1.82, 2.24) is 5.09 Å². The van der Waals surface area contributed by atoms with Crippen molar-refractivity contribution >= 4 is 34.4 Å². The highest BCUT2D eigenvalue weighted by Crippen LogP contribution is 2.39. The van der Waals surface area contributed by atoms with Crippen LogP contribution in [0.25, 0.3) is 0 Å². The molecule has 2 unspecified atom stereocenters. The van der Waals surface area contributed by atoms with Gasteiger partial charge in [-0.3, -0.25) is 0 Å². The molecule has 1 saturated heterocycles. The van der Waals surface area contributed by atoms with Crippen LogP contribution in [0, 0.1) is 0 Å². The third-order valence-electron chi connectivity index (χ3n) is 3.28. The van der Waals surface area contributed by atoms with Crippen molar-refractivity contribution in [1.29, 1.82) is 0 Å². The van der Waals surface area contributed by atoms with Gasteiger partial charge in [0.05, 0.1) is 6.61 Å². The summed E-state index contributed by atoms with van der Waals surface area (Å²) in [6, 6.07) is 8.20. The molecular weight excluding hydrogens is 373 g/mol. The van der Waals surface area contributed by atoms with Crippen molar-refractivity contribution in [2.75, 3.05) is 13.2 Å². The lowest BCUT2D eigenvalue weighted by Gasteiger charge is -2.27. The highest BCUT2D eigenvalue weighted by molar-refractivity contribution is 9.10. The average molecular weight is 394 g/mol. The predicted molar refractivity (Wildman–Crippen MR) is 91.6 cm³/mol. The van der Waals surface area contributed by atoms with Crippen molar-refractivity contribution < 1.29 is 14.2 Å². The molecule has 0 saturated carbocycles. The van der Waals surface area contributed by atoms with E-state index in [1.165, 1.54) is 5.56 Å². The summed E-state index contributed by atoms with van der Waals surface area (Å²) in [7, 11) is 0. The van der Waals surface area contributed by atoms with Crippen LogP contribution in [-0.2, 0) is 27.5 Å². The Hall–Kier alpha value is 0.190. The van der Waals surface area contributed by atoms with E-state index in [4.69, 9.17) is 21.1 Å². The summed E-state index contributed by atoms with van der Waals surface area (Å²) in [5, 5.41) is 2.93. The molecule has 1 aliphatic heterocycles. The Balaban J connectivity index is 1.66. The lowest BCUT2D eigenvalue weighted by atomic mass is 10.1. The van der Waals surface area contributed by atoms with Gasteiger partial charge < -0.3 is 14.2 Å². The lowest BCUT2D eigenvalue weighted by Crippen LogP contribution is -2.32. The van der Waals surface area contributed by atoms with E-state index >= 15 is 0 Å². The maximum atomic E-state index is 10.1. The molecule has 2 atom stereocenters. The van der Waals surface area contributed by atoms with E-state index in [1.807, 2.05) is 12.1 Å². The highest BCUT2D eigenvalue weighted by Gasteiger charge is 2.22. The molecule has 7 heteroatoms. The molecule has 1 aliphatic rings. The Morgan fingerprint density at radius 2 is 2.14 bits per heavy atom. The van der Waals surface area contributed by atoms with E-state index in [0.717, 1.165) is 43.2 Å². The number of hydrogen-bond acceptors (Lipinski definition) is 3. The molecule has 0 amide bonds. The molecule has 0 aliphatic carbocycles. The van der Waals surface area contributed by atoms with Crippen LogP contribution in [0.4, 0.5) is 0 Å². The molecule has 1 aromatic carbocycles. The molecule has 4 nitrogen and oxygen atoms in total. The molecule has 0 spiro atoms. The summed E-state index contributed by atoms with van der Waals surface area (Å²) in [5.41, 5.74) is 1.25. The van der Waals surface area contributed by atoms with E-state index < -0.39 is 6.64 Å². The SMILES string of the molecule is OP(=S)(NC1CCCCO1)OCCCc1ccc(Br)cc1. The average Bonchev–Trinajstić information content (AvgIpc) is 2.46. The molecule has 0 radical (unpaired) electrons.